The number of aryl methyl sites for hydroxylation is 2. The molecule has 0 amide bonds. The maximum Gasteiger partial charge on any atom is 0.102 e. The topological polar surface area (TPSA) is 39.6 Å². The number of hydrogen-bond donors (Lipinski definition) is 1. The highest BCUT2D eigenvalue weighted by Gasteiger charge is 2.14. The Labute approximate surface area is 112 Å². The van der Waals surface area contributed by atoms with Crippen LogP contribution in [0.2, 0.25) is 0 Å². The number of aromatic nitrogens is 1. The lowest BCUT2D eigenvalue weighted by molar-refractivity contribution is 1.35. The lowest BCUT2D eigenvalue weighted by Gasteiger charge is -2.05. The van der Waals surface area contributed by atoms with Crippen LogP contribution in [0.3, 0.4) is 0 Å². The first kappa shape index (κ1) is 11.6. The second-order valence-corrected chi connectivity index (χ2v) is 4.85. The summed E-state index contributed by atoms with van der Waals surface area (Å²) in [5.74, 6) is 0. The minimum absolute atomic E-state index is 0.726. The highest BCUT2D eigenvalue weighted by molar-refractivity contribution is 5.93. The van der Waals surface area contributed by atoms with Crippen molar-refractivity contribution in [3.8, 4) is 17.3 Å². The third kappa shape index (κ3) is 1.80. The van der Waals surface area contributed by atoms with Gasteiger partial charge in [0.2, 0.25) is 0 Å². The third-order valence-electron chi connectivity index (χ3n) is 3.48. The van der Waals surface area contributed by atoms with Crippen LogP contribution in [0.25, 0.3) is 22.2 Å². The lowest BCUT2D eigenvalue weighted by Crippen LogP contribution is -1.87. The van der Waals surface area contributed by atoms with E-state index >= 15 is 0 Å². The molecule has 0 saturated heterocycles. The number of nitrogens with one attached hydrogen (secondary N) is 1. The van der Waals surface area contributed by atoms with Crippen LogP contribution in [-0.4, -0.2) is 4.98 Å². The predicted octanol–water partition coefficient (Wildman–Crippen LogP) is 4.32. The zero-order valence-corrected chi connectivity index (χ0v) is 11.0. The Hall–Kier alpha value is -2.53. The van der Waals surface area contributed by atoms with Gasteiger partial charge in [0.05, 0.1) is 11.3 Å². The number of H-pyrrole nitrogens is 1. The summed E-state index contributed by atoms with van der Waals surface area (Å²) >= 11 is 0. The van der Waals surface area contributed by atoms with Gasteiger partial charge in [-0.3, -0.25) is 0 Å². The molecule has 3 rings (SSSR count). The Morgan fingerprint density at radius 1 is 1.05 bits per heavy atom. The van der Waals surface area contributed by atoms with Gasteiger partial charge >= 0.3 is 0 Å². The van der Waals surface area contributed by atoms with Gasteiger partial charge in [0, 0.05) is 16.5 Å². The predicted molar refractivity (Wildman–Crippen MR) is 77.9 cm³/mol. The Kier molecular flexibility index (Phi) is 2.61. The Bertz CT molecular complexity index is 804. The van der Waals surface area contributed by atoms with Crippen LogP contribution in [0.5, 0.6) is 0 Å². The Balaban J connectivity index is 2.37. The number of nitrogens with zero attached hydrogens (tertiary/aromatic N) is 1. The van der Waals surface area contributed by atoms with Crippen molar-refractivity contribution in [2.75, 3.05) is 0 Å². The largest absolute Gasteiger partial charge is 0.353 e. The molecule has 0 aliphatic carbocycles. The van der Waals surface area contributed by atoms with Crippen LogP contribution < -0.4 is 0 Å². The Morgan fingerprint density at radius 3 is 2.63 bits per heavy atom. The molecular formula is C17H14N2. The molecule has 92 valence electrons. The SMILES string of the molecule is Cc1ccc(C)c(-c2[nH]c3ccccc3c2C#N)c1. The molecule has 0 atom stereocenters. The molecule has 0 bridgehead atoms. The van der Waals surface area contributed by atoms with Crippen LogP contribution in [0.1, 0.15) is 16.7 Å². The molecule has 0 spiro atoms. The highest BCUT2D eigenvalue weighted by Crippen LogP contribution is 2.31. The van der Waals surface area contributed by atoms with Crippen LogP contribution >= 0.6 is 0 Å². The van der Waals surface area contributed by atoms with Crippen molar-refractivity contribution in [1.29, 1.82) is 5.26 Å². The minimum atomic E-state index is 0.726. The van der Waals surface area contributed by atoms with Gasteiger partial charge in [-0.2, -0.15) is 5.26 Å². The van der Waals surface area contributed by atoms with Gasteiger partial charge in [-0.15, -0.1) is 0 Å². The van der Waals surface area contributed by atoms with Crippen LogP contribution in [-0.2, 0) is 0 Å². The summed E-state index contributed by atoms with van der Waals surface area (Å²) < 4.78 is 0. The number of rotatable bonds is 1. The molecule has 1 heterocycles. The van der Waals surface area contributed by atoms with E-state index in [0.717, 1.165) is 27.7 Å². The monoisotopic (exact) mass is 246 g/mol. The molecule has 0 aliphatic rings. The molecule has 0 saturated carbocycles. The average molecular weight is 246 g/mol. The first-order valence-electron chi connectivity index (χ1n) is 6.29. The normalized spacial score (nSPS) is 10.6. The van der Waals surface area contributed by atoms with E-state index in [2.05, 4.69) is 43.1 Å². The van der Waals surface area contributed by atoms with Crippen molar-refractivity contribution >= 4 is 10.9 Å². The third-order valence-corrected chi connectivity index (χ3v) is 3.48. The number of fused-ring (bicyclic) bond motifs is 1. The fraction of sp³-hybridized carbons (Fsp3) is 0.118. The molecule has 0 radical (unpaired) electrons. The molecule has 2 nitrogen and oxygen atoms in total. The number of benzene rings is 2. The summed E-state index contributed by atoms with van der Waals surface area (Å²) in [5, 5.41) is 10.4. The molecule has 2 heteroatoms. The molecule has 2 aromatic carbocycles. The number of nitriles is 1. The number of aromatic amines is 1. The minimum Gasteiger partial charge on any atom is -0.353 e. The molecule has 1 N–H and O–H groups in total. The standard InChI is InChI=1S/C17H14N2/c1-11-7-8-12(2)14(9-11)17-15(10-18)13-5-3-4-6-16(13)19-17/h3-9,19H,1-2H3. The lowest BCUT2D eigenvalue weighted by atomic mass is 10.00. The van der Waals surface area contributed by atoms with Crippen LogP contribution in [0.15, 0.2) is 42.5 Å². The summed E-state index contributed by atoms with van der Waals surface area (Å²) in [7, 11) is 0. The van der Waals surface area contributed by atoms with Crippen LogP contribution in [0.4, 0.5) is 0 Å². The van der Waals surface area contributed by atoms with Crippen molar-refractivity contribution in [3.63, 3.8) is 0 Å². The molecule has 0 fully saturated rings. The number of para-hydroxylation sites is 1. The Morgan fingerprint density at radius 2 is 1.84 bits per heavy atom. The first-order valence-corrected chi connectivity index (χ1v) is 6.29. The summed E-state index contributed by atoms with van der Waals surface area (Å²) in [6.07, 6.45) is 0. The van der Waals surface area contributed by atoms with Crippen molar-refractivity contribution in [2.24, 2.45) is 0 Å². The summed E-state index contributed by atoms with van der Waals surface area (Å²) in [6, 6.07) is 16.6. The molecule has 3 aromatic rings. The van der Waals surface area contributed by atoms with Gasteiger partial charge in [0.25, 0.3) is 0 Å². The summed E-state index contributed by atoms with van der Waals surface area (Å²) in [6.45, 7) is 4.14. The average Bonchev–Trinajstić information content (AvgIpc) is 2.79. The fourth-order valence-corrected chi connectivity index (χ4v) is 2.47. The van der Waals surface area contributed by atoms with E-state index in [0.29, 0.717) is 0 Å². The second kappa shape index (κ2) is 4.29. The van der Waals surface area contributed by atoms with Gasteiger partial charge in [-0.1, -0.05) is 35.9 Å². The maximum atomic E-state index is 9.46. The zero-order valence-electron chi connectivity index (χ0n) is 11.0. The molecule has 1 aromatic heterocycles. The van der Waals surface area contributed by atoms with Gasteiger partial charge in [-0.05, 0) is 31.5 Å². The second-order valence-electron chi connectivity index (χ2n) is 4.85. The highest BCUT2D eigenvalue weighted by atomic mass is 14.7. The van der Waals surface area contributed by atoms with Crippen molar-refractivity contribution in [3.05, 3.63) is 59.2 Å². The van der Waals surface area contributed by atoms with E-state index in [4.69, 9.17) is 0 Å². The van der Waals surface area contributed by atoms with Crippen molar-refractivity contribution in [2.45, 2.75) is 13.8 Å². The van der Waals surface area contributed by atoms with E-state index in [1.54, 1.807) is 0 Å². The maximum absolute atomic E-state index is 9.46. The van der Waals surface area contributed by atoms with Gasteiger partial charge < -0.3 is 4.98 Å². The smallest absolute Gasteiger partial charge is 0.102 e. The van der Waals surface area contributed by atoms with Gasteiger partial charge in [-0.25, -0.2) is 0 Å². The van der Waals surface area contributed by atoms with Crippen molar-refractivity contribution in [1.82, 2.24) is 4.98 Å². The van der Waals surface area contributed by atoms with E-state index in [9.17, 15) is 5.26 Å². The zero-order chi connectivity index (χ0) is 13.4. The number of hydrogen-bond acceptors (Lipinski definition) is 1. The molecule has 19 heavy (non-hydrogen) atoms. The summed E-state index contributed by atoms with van der Waals surface area (Å²) in [4.78, 5) is 3.38. The van der Waals surface area contributed by atoms with E-state index in [1.807, 2.05) is 24.3 Å². The molecule has 0 aliphatic heterocycles. The van der Waals surface area contributed by atoms with E-state index in [1.165, 1.54) is 11.1 Å². The van der Waals surface area contributed by atoms with E-state index in [-0.39, 0.29) is 0 Å². The molecule has 0 unspecified atom stereocenters. The van der Waals surface area contributed by atoms with Crippen LogP contribution in [0, 0.1) is 25.2 Å². The van der Waals surface area contributed by atoms with Gasteiger partial charge in [0.15, 0.2) is 0 Å². The molecular weight excluding hydrogens is 232 g/mol. The quantitative estimate of drug-likeness (QED) is 0.682. The first-order chi connectivity index (χ1) is 9.20. The van der Waals surface area contributed by atoms with E-state index < -0.39 is 0 Å². The van der Waals surface area contributed by atoms with Gasteiger partial charge in [0.1, 0.15) is 6.07 Å². The van der Waals surface area contributed by atoms with Crippen molar-refractivity contribution < 1.29 is 0 Å². The summed E-state index contributed by atoms with van der Waals surface area (Å²) in [5.41, 5.74) is 6.13. The fourth-order valence-electron chi connectivity index (χ4n) is 2.47.